The highest BCUT2D eigenvalue weighted by Gasteiger charge is 2.76. The minimum Gasteiger partial charge on any atom is -0.494 e. The molecule has 3 saturated heterocycles. The van der Waals surface area contributed by atoms with Crippen LogP contribution in [0.4, 0.5) is 11.4 Å². The lowest BCUT2D eigenvalue weighted by molar-refractivity contribution is -0.139. The molecule has 1 spiro atoms. The summed E-state index contributed by atoms with van der Waals surface area (Å²) in [5.41, 5.74) is -0.175. The summed E-state index contributed by atoms with van der Waals surface area (Å²) in [5, 5.41) is 15.5. The first kappa shape index (κ1) is 27.9. The number of ether oxygens (including phenoxy) is 2. The van der Waals surface area contributed by atoms with E-state index in [1.54, 1.807) is 48.5 Å². The van der Waals surface area contributed by atoms with Crippen molar-refractivity contribution in [1.82, 2.24) is 4.90 Å². The molecule has 3 aliphatic rings. The number of rotatable bonds is 10. The second-order valence-electron chi connectivity index (χ2n) is 10.0. The molecular formula is C28H31BrClN3O6. The number of alkyl halides is 1. The summed E-state index contributed by atoms with van der Waals surface area (Å²) in [4.78, 5) is 42.7. The van der Waals surface area contributed by atoms with E-state index in [2.05, 4.69) is 26.6 Å². The Morgan fingerprint density at radius 3 is 2.59 bits per heavy atom. The van der Waals surface area contributed by atoms with Gasteiger partial charge in [0.15, 0.2) is 0 Å². The molecule has 208 valence electrons. The molecule has 3 unspecified atom stereocenters. The SMILES string of the molecule is CCOc1ccc(NC(=O)[C@H]2[C@@H]3OC4(CC3Br)C(C(=O)Nc3ccccc3Cl)N(CCCCO)C(=O)[C@H]24)cc1. The van der Waals surface area contributed by atoms with E-state index in [0.29, 0.717) is 48.0 Å². The van der Waals surface area contributed by atoms with Crippen molar-refractivity contribution in [2.24, 2.45) is 11.8 Å². The van der Waals surface area contributed by atoms with E-state index >= 15 is 0 Å². The largest absolute Gasteiger partial charge is 0.494 e. The van der Waals surface area contributed by atoms with E-state index in [1.165, 1.54) is 4.90 Å². The number of aliphatic hydroxyl groups excluding tert-OH is 1. The topological polar surface area (TPSA) is 117 Å². The minimum atomic E-state index is -1.18. The van der Waals surface area contributed by atoms with Crippen LogP contribution >= 0.6 is 27.5 Å². The Morgan fingerprint density at radius 2 is 1.90 bits per heavy atom. The number of unbranched alkanes of at least 4 members (excludes halogenated alkanes) is 1. The van der Waals surface area contributed by atoms with Crippen LogP contribution in [0.25, 0.3) is 0 Å². The third kappa shape index (κ3) is 5.03. The van der Waals surface area contributed by atoms with Gasteiger partial charge in [-0.15, -0.1) is 0 Å². The van der Waals surface area contributed by atoms with Gasteiger partial charge in [0.05, 0.1) is 35.3 Å². The van der Waals surface area contributed by atoms with Gasteiger partial charge in [-0.25, -0.2) is 0 Å². The van der Waals surface area contributed by atoms with Crippen molar-refractivity contribution in [3.63, 3.8) is 0 Å². The van der Waals surface area contributed by atoms with Crippen LogP contribution in [0.5, 0.6) is 5.75 Å². The number of hydrogen-bond donors (Lipinski definition) is 3. The number of para-hydroxylation sites is 1. The Kier molecular flexibility index (Phi) is 8.19. The molecule has 3 amide bonds. The Balaban J connectivity index is 1.44. The van der Waals surface area contributed by atoms with Gasteiger partial charge in [0.1, 0.15) is 17.4 Å². The maximum absolute atomic E-state index is 14.0. The van der Waals surface area contributed by atoms with Crippen molar-refractivity contribution in [3.05, 3.63) is 53.6 Å². The van der Waals surface area contributed by atoms with Crippen LogP contribution in [-0.2, 0) is 19.1 Å². The molecular weight excluding hydrogens is 590 g/mol. The maximum atomic E-state index is 14.0. The van der Waals surface area contributed by atoms with E-state index < -0.39 is 35.5 Å². The van der Waals surface area contributed by atoms with E-state index in [1.807, 2.05) is 6.92 Å². The zero-order chi connectivity index (χ0) is 27.7. The average Bonchev–Trinajstić information content (AvgIpc) is 3.50. The van der Waals surface area contributed by atoms with Crippen molar-refractivity contribution >= 4 is 56.6 Å². The van der Waals surface area contributed by atoms with E-state index in [9.17, 15) is 19.5 Å². The van der Waals surface area contributed by atoms with Gasteiger partial charge in [-0.05, 0) is 62.6 Å². The summed E-state index contributed by atoms with van der Waals surface area (Å²) >= 11 is 9.97. The first-order chi connectivity index (χ1) is 18.8. The smallest absolute Gasteiger partial charge is 0.250 e. The number of benzene rings is 2. The normalized spacial score (nSPS) is 28.9. The van der Waals surface area contributed by atoms with Gasteiger partial charge in [0.25, 0.3) is 0 Å². The van der Waals surface area contributed by atoms with E-state index in [4.69, 9.17) is 21.1 Å². The van der Waals surface area contributed by atoms with Crippen molar-refractivity contribution in [3.8, 4) is 5.75 Å². The quantitative estimate of drug-likeness (QED) is 0.275. The molecule has 0 aromatic heterocycles. The number of nitrogens with zero attached hydrogens (tertiary/aromatic N) is 1. The molecule has 11 heteroatoms. The summed E-state index contributed by atoms with van der Waals surface area (Å²) in [7, 11) is 0. The molecule has 2 aromatic carbocycles. The number of fused-ring (bicyclic) bond motifs is 1. The van der Waals surface area contributed by atoms with Gasteiger partial charge in [0, 0.05) is 23.7 Å². The lowest BCUT2D eigenvalue weighted by Gasteiger charge is -2.34. The first-order valence-electron chi connectivity index (χ1n) is 13.1. The maximum Gasteiger partial charge on any atom is 0.250 e. The summed E-state index contributed by atoms with van der Waals surface area (Å²) in [6, 6.07) is 12.9. The molecule has 2 aromatic rings. The molecule has 5 rings (SSSR count). The highest BCUT2D eigenvalue weighted by Crippen LogP contribution is 2.60. The standard InChI is InChI=1S/C28H31BrClN3O6/c1-2-38-17-11-9-16(10-12-17)31-25(35)21-22-27(37)33(13-5-6-14-34)24(28(22)15-18(29)23(21)39-28)26(36)32-20-8-4-3-7-19(20)30/h3-4,7-12,18,21-24,34H,2,5-6,13-15H2,1H3,(H,31,35)(H,32,36)/t18?,21-,22+,23-,24?,28?/m1/s1. The monoisotopic (exact) mass is 619 g/mol. The zero-order valence-electron chi connectivity index (χ0n) is 21.4. The third-order valence-electron chi connectivity index (χ3n) is 7.71. The van der Waals surface area contributed by atoms with Gasteiger partial charge >= 0.3 is 0 Å². The van der Waals surface area contributed by atoms with Gasteiger partial charge in [0.2, 0.25) is 17.7 Å². The number of carbonyl (C=O) groups excluding carboxylic acids is 3. The zero-order valence-corrected chi connectivity index (χ0v) is 23.8. The Hall–Kier alpha value is -2.66. The van der Waals surface area contributed by atoms with Crippen LogP contribution in [0.2, 0.25) is 5.02 Å². The number of nitrogens with one attached hydrogen (secondary N) is 2. The van der Waals surface area contributed by atoms with Crippen LogP contribution in [0.15, 0.2) is 48.5 Å². The summed E-state index contributed by atoms with van der Waals surface area (Å²) in [6.45, 7) is 2.66. The number of likely N-dealkylation sites (tertiary alicyclic amines) is 1. The fourth-order valence-electron chi connectivity index (χ4n) is 6.15. The number of amides is 3. The van der Waals surface area contributed by atoms with E-state index in [0.717, 1.165) is 0 Å². The van der Waals surface area contributed by atoms with Crippen LogP contribution in [-0.4, -0.2) is 70.1 Å². The molecule has 6 atom stereocenters. The van der Waals surface area contributed by atoms with Crippen LogP contribution in [0.3, 0.4) is 0 Å². The summed E-state index contributed by atoms with van der Waals surface area (Å²) in [5.74, 6) is -1.97. The second kappa shape index (κ2) is 11.4. The number of anilines is 2. The lowest BCUT2D eigenvalue weighted by Crippen LogP contribution is -2.54. The van der Waals surface area contributed by atoms with E-state index in [-0.39, 0.29) is 29.8 Å². The molecule has 3 aliphatic heterocycles. The Bertz CT molecular complexity index is 1250. The van der Waals surface area contributed by atoms with Gasteiger partial charge < -0.3 is 30.1 Å². The Labute approximate surface area is 240 Å². The molecule has 3 fully saturated rings. The van der Waals surface area contributed by atoms with Crippen molar-refractivity contribution < 1.29 is 29.0 Å². The predicted octanol–water partition coefficient (Wildman–Crippen LogP) is 3.84. The molecule has 0 aliphatic carbocycles. The van der Waals surface area contributed by atoms with Crippen LogP contribution < -0.4 is 15.4 Å². The summed E-state index contributed by atoms with van der Waals surface area (Å²) in [6.07, 6.45) is 0.812. The van der Waals surface area contributed by atoms with Crippen molar-refractivity contribution in [1.29, 1.82) is 0 Å². The van der Waals surface area contributed by atoms with Crippen molar-refractivity contribution in [2.75, 3.05) is 30.4 Å². The number of carbonyl (C=O) groups is 3. The number of aliphatic hydroxyl groups is 1. The first-order valence-corrected chi connectivity index (χ1v) is 14.4. The molecule has 3 heterocycles. The molecule has 39 heavy (non-hydrogen) atoms. The van der Waals surface area contributed by atoms with Crippen molar-refractivity contribution in [2.45, 2.75) is 48.8 Å². The Morgan fingerprint density at radius 1 is 1.15 bits per heavy atom. The average molecular weight is 621 g/mol. The van der Waals surface area contributed by atoms with Gasteiger partial charge in [-0.1, -0.05) is 39.7 Å². The van der Waals surface area contributed by atoms with Crippen LogP contribution in [0, 0.1) is 11.8 Å². The fraction of sp³-hybridized carbons (Fsp3) is 0.464. The van der Waals surface area contributed by atoms with Gasteiger partial charge in [-0.3, -0.25) is 14.4 Å². The fourth-order valence-corrected chi connectivity index (χ4v) is 7.28. The number of halogens is 2. The minimum absolute atomic E-state index is 0.0255. The lowest BCUT2D eigenvalue weighted by atomic mass is 9.70. The van der Waals surface area contributed by atoms with Gasteiger partial charge in [-0.2, -0.15) is 0 Å². The predicted molar refractivity (Wildman–Crippen MR) is 150 cm³/mol. The third-order valence-corrected chi connectivity index (χ3v) is 8.89. The molecule has 3 N–H and O–H groups in total. The van der Waals surface area contributed by atoms with Crippen LogP contribution in [0.1, 0.15) is 26.2 Å². The second-order valence-corrected chi connectivity index (χ2v) is 11.6. The summed E-state index contributed by atoms with van der Waals surface area (Å²) < 4.78 is 12.0. The highest BCUT2D eigenvalue weighted by molar-refractivity contribution is 9.09. The number of hydrogen-bond acceptors (Lipinski definition) is 6. The molecule has 2 bridgehead atoms. The molecule has 0 saturated carbocycles. The highest BCUT2D eigenvalue weighted by atomic mass is 79.9. The molecule has 0 radical (unpaired) electrons. The molecule has 9 nitrogen and oxygen atoms in total.